The molecule has 0 aliphatic heterocycles. The highest BCUT2D eigenvalue weighted by Crippen LogP contribution is 2.18. The van der Waals surface area contributed by atoms with Gasteiger partial charge in [-0.15, -0.1) is 0 Å². The summed E-state index contributed by atoms with van der Waals surface area (Å²) in [5, 5.41) is 0. The molecule has 4 heteroatoms. The molecule has 102 valence electrons. The Labute approximate surface area is 109 Å². The molecule has 0 aromatic heterocycles. The highest BCUT2D eigenvalue weighted by Gasteiger charge is 2.12. The second-order valence-corrected chi connectivity index (χ2v) is 4.66. The van der Waals surface area contributed by atoms with Crippen LogP contribution in [0.5, 0.6) is 5.75 Å². The van der Waals surface area contributed by atoms with Crippen LogP contribution < -0.4 is 10.5 Å². The number of nitrogens with zero attached hydrogens (tertiary/aromatic N) is 1. The van der Waals surface area contributed by atoms with E-state index in [9.17, 15) is 4.39 Å². The Kier molecular flexibility index (Phi) is 6.09. The Morgan fingerprint density at radius 2 is 2.11 bits per heavy atom. The van der Waals surface area contributed by atoms with Gasteiger partial charge in [0.1, 0.15) is 11.6 Å². The van der Waals surface area contributed by atoms with E-state index in [1.165, 1.54) is 13.2 Å². The number of benzene rings is 1. The number of hydrogen-bond acceptors (Lipinski definition) is 3. The molecular formula is C14H23FN2O. The molecule has 0 spiro atoms. The first-order valence-corrected chi connectivity index (χ1v) is 6.35. The van der Waals surface area contributed by atoms with Gasteiger partial charge in [-0.05, 0) is 39.4 Å². The molecule has 0 saturated heterocycles. The number of halogens is 1. The van der Waals surface area contributed by atoms with Crippen LogP contribution in [-0.4, -0.2) is 31.1 Å². The summed E-state index contributed by atoms with van der Waals surface area (Å²) >= 11 is 0. The smallest absolute Gasteiger partial charge is 0.131 e. The normalized spacial score (nSPS) is 11.3. The molecule has 0 unspecified atom stereocenters. The summed E-state index contributed by atoms with van der Waals surface area (Å²) in [5.74, 6) is 0.335. The fourth-order valence-corrected chi connectivity index (χ4v) is 1.82. The summed E-state index contributed by atoms with van der Waals surface area (Å²) < 4.78 is 18.8. The third-order valence-electron chi connectivity index (χ3n) is 3.01. The molecule has 1 aromatic rings. The molecule has 0 saturated carbocycles. The fraction of sp³-hybridized carbons (Fsp3) is 0.571. The van der Waals surface area contributed by atoms with Gasteiger partial charge in [-0.1, -0.05) is 6.07 Å². The van der Waals surface area contributed by atoms with Crippen LogP contribution in [0.25, 0.3) is 0 Å². The molecule has 0 aliphatic carbocycles. The zero-order chi connectivity index (χ0) is 13.5. The Balaban J connectivity index is 2.74. The molecule has 0 amide bonds. The first kappa shape index (κ1) is 14.9. The zero-order valence-corrected chi connectivity index (χ0v) is 11.4. The largest absolute Gasteiger partial charge is 0.497 e. The second kappa shape index (κ2) is 7.34. The van der Waals surface area contributed by atoms with Crippen molar-refractivity contribution in [2.75, 3.05) is 20.2 Å². The van der Waals surface area contributed by atoms with Crippen molar-refractivity contribution >= 4 is 0 Å². The number of rotatable bonds is 7. The van der Waals surface area contributed by atoms with Crippen molar-refractivity contribution in [2.24, 2.45) is 5.73 Å². The minimum atomic E-state index is -0.215. The topological polar surface area (TPSA) is 38.5 Å². The molecule has 0 fully saturated rings. The summed E-state index contributed by atoms with van der Waals surface area (Å²) in [6.07, 6.45) is 0.927. The van der Waals surface area contributed by atoms with Gasteiger partial charge in [0.15, 0.2) is 0 Å². The monoisotopic (exact) mass is 254 g/mol. The maximum absolute atomic E-state index is 13.9. The van der Waals surface area contributed by atoms with Crippen molar-refractivity contribution in [3.05, 3.63) is 29.6 Å². The molecule has 1 rings (SSSR count). The van der Waals surface area contributed by atoms with E-state index < -0.39 is 0 Å². The Hall–Kier alpha value is -1.13. The van der Waals surface area contributed by atoms with Crippen molar-refractivity contribution in [1.82, 2.24) is 4.90 Å². The number of nitrogens with two attached hydrogens (primary N) is 1. The third-order valence-corrected chi connectivity index (χ3v) is 3.01. The van der Waals surface area contributed by atoms with Gasteiger partial charge in [0, 0.05) is 24.2 Å². The Bertz CT molecular complexity index is 369. The van der Waals surface area contributed by atoms with E-state index >= 15 is 0 Å². The highest BCUT2D eigenvalue weighted by atomic mass is 19.1. The van der Waals surface area contributed by atoms with Crippen molar-refractivity contribution in [3.63, 3.8) is 0 Å². The van der Waals surface area contributed by atoms with Crippen LogP contribution in [0.3, 0.4) is 0 Å². The van der Waals surface area contributed by atoms with Gasteiger partial charge in [0.25, 0.3) is 0 Å². The standard InChI is InChI=1S/C14H23FN2O/c1-11(2)17(8-4-7-16)10-12-5-6-13(18-3)9-14(12)15/h5-6,9,11H,4,7-8,10,16H2,1-3H3. The second-order valence-electron chi connectivity index (χ2n) is 4.66. The molecule has 1 aromatic carbocycles. The maximum atomic E-state index is 13.9. The molecule has 3 nitrogen and oxygen atoms in total. The average Bonchev–Trinajstić information content (AvgIpc) is 2.35. The van der Waals surface area contributed by atoms with Gasteiger partial charge < -0.3 is 10.5 Å². The lowest BCUT2D eigenvalue weighted by atomic mass is 10.1. The van der Waals surface area contributed by atoms with E-state index in [2.05, 4.69) is 18.7 Å². The first-order chi connectivity index (χ1) is 8.58. The van der Waals surface area contributed by atoms with Gasteiger partial charge >= 0.3 is 0 Å². The van der Waals surface area contributed by atoms with Crippen LogP contribution in [0.15, 0.2) is 18.2 Å². The van der Waals surface area contributed by atoms with E-state index in [0.717, 1.165) is 13.0 Å². The maximum Gasteiger partial charge on any atom is 0.131 e. The number of ether oxygens (including phenoxy) is 1. The van der Waals surface area contributed by atoms with Crippen LogP contribution in [0.2, 0.25) is 0 Å². The van der Waals surface area contributed by atoms with E-state index in [-0.39, 0.29) is 5.82 Å². The molecule has 0 radical (unpaired) electrons. The molecular weight excluding hydrogens is 231 g/mol. The first-order valence-electron chi connectivity index (χ1n) is 6.35. The summed E-state index contributed by atoms with van der Waals surface area (Å²) in [6.45, 7) is 6.37. The quantitative estimate of drug-likeness (QED) is 0.812. The van der Waals surface area contributed by atoms with Crippen LogP contribution in [0.4, 0.5) is 4.39 Å². The van der Waals surface area contributed by atoms with Crippen molar-refractivity contribution in [3.8, 4) is 5.75 Å². The molecule has 2 N–H and O–H groups in total. The van der Waals surface area contributed by atoms with E-state index in [4.69, 9.17) is 10.5 Å². The lowest BCUT2D eigenvalue weighted by Gasteiger charge is -2.26. The summed E-state index contributed by atoms with van der Waals surface area (Å²) in [4.78, 5) is 2.22. The fourth-order valence-electron chi connectivity index (χ4n) is 1.82. The minimum absolute atomic E-state index is 0.215. The van der Waals surface area contributed by atoms with Crippen molar-refractivity contribution in [1.29, 1.82) is 0 Å². The SMILES string of the molecule is COc1ccc(CN(CCCN)C(C)C)c(F)c1. The molecule has 18 heavy (non-hydrogen) atoms. The number of hydrogen-bond donors (Lipinski definition) is 1. The predicted octanol–water partition coefficient (Wildman–Crippen LogP) is 2.39. The summed E-state index contributed by atoms with van der Waals surface area (Å²) in [6, 6.07) is 5.38. The lowest BCUT2D eigenvalue weighted by Crippen LogP contribution is -2.32. The van der Waals surface area contributed by atoms with Gasteiger partial charge in [-0.3, -0.25) is 4.90 Å². The molecule has 0 aliphatic rings. The summed E-state index contributed by atoms with van der Waals surface area (Å²) in [7, 11) is 1.54. The van der Waals surface area contributed by atoms with Crippen molar-refractivity contribution in [2.45, 2.75) is 32.9 Å². The zero-order valence-electron chi connectivity index (χ0n) is 11.4. The third kappa shape index (κ3) is 4.27. The summed E-state index contributed by atoms with van der Waals surface area (Å²) in [5.41, 5.74) is 6.22. The average molecular weight is 254 g/mol. The van der Waals surface area contributed by atoms with Gasteiger partial charge in [0.05, 0.1) is 7.11 Å². The highest BCUT2D eigenvalue weighted by molar-refractivity contribution is 5.28. The van der Waals surface area contributed by atoms with Gasteiger partial charge in [-0.25, -0.2) is 4.39 Å². The van der Waals surface area contributed by atoms with Gasteiger partial charge in [-0.2, -0.15) is 0 Å². The predicted molar refractivity (Wildman–Crippen MR) is 72.2 cm³/mol. The van der Waals surface area contributed by atoms with Crippen LogP contribution in [0, 0.1) is 5.82 Å². The van der Waals surface area contributed by atoms with E-state index in [0.29, 0.717) is 30.4 Å². The van der Waals surface area contributed by atoms with E-state index in [1.54, 1.807) is 12.1 Å². The Morgan fingerprint density at radius 1 is 1.39 bits per heavy atom. The number of methoxy groups -OCH3 is 1. The van der Waals surface area contributed by atoms with Crippen LogP contribution >= 0.6 is 0 Å². The minimum Gasteiger partial charge on any atom is -0.497 e. The lowest BCUT2D eigenvalue weighted by molar-refractivity contribution is 0.209. The molecule has 0 atom stereocenters. The van der Waals surface area contributed by atoms with Crippen LogP contribution in [0.1, 0.15) is 25.8 Å². The Morgan fingerprint density at radius 3 is 2.61 bits per heavy atom. The van der Waals surface area contributed by atoms with Crippen molar-refractivity contribution < 1.29 is 9.13 Å². The molecule has 0 heterocycles. The van der Waals surface area contributed by atoms with Crippen LogP contribution in [-0.2, 0) is 6.54 Å². The molecule has 0 bridgehead atoms. The van der Waals surface area contributed by atoms with E-state index in [1.807, 2.05) is 0 Å². The van der Waals surface area contributed by atoms with Gasteiger partial charge in [0.2, 0.25) is 0 Å².